The number of amidine groups is 2. The maximum absolute atomic E-state index is 13.8. The Labute approximate surface area is 260 Å². The Bertz CT molecular complexity index is 1920. The number of benzene rings is 3. The number of halogens is 2. The zero-order valence-electron chi connectivity index (χ0n) is 23.9. The first-order chi connectivity index (χ1) is 21.6. The summed E-state index contributed by atoms with van der Waals surface area (Å²) in [5.74, 6) is -5.02. The van der Waals surface area contributed by atoms with E-state index in [2.05, 4.69) is 9.71 Å². The van der Waals surface area contributed by atoms with Crippen molar-refractivity contribution in [1.82, 2.24) is 15.1 Å². The van der Waals surface area contributed by atoms with E-state index in [0.717, 1.165) is 13.8 Å². The molecule has 0 radical (unpaired) electrons. The van der Waals surface area contributed by atoms with Crippen LogP contribution in [-0.4, -0.2) is 57.4 Å². The van der Waals surface area contributed by atoms with Gasteiger partial charge in [-0.05, 0) is 66.7 Å². The fraction of sp³-hybridized carbons (Fsp3) is 0.0690. The van der Waals surface area contributed by atoms with Crippen molar-refractivity contribution in [2.24, 2.45) is 0 Å². The lowest BCUT2D eigenvalue weighted by Crippen LogP contribution is -2.31. The molecule has 0 saturated carbocycles. The predicted molar refractivity (Wildman–Crippen MR) is 157 cm³/mol. The average Bonchev–Trinajstić information content (AvgIpc) is 3.01. The van der Waals surface area contributed by atoms with Gasteiger partial charge in [0.1, 0.15) is 28.8 Å². The zero-order chi connectivity index (χ0) is 33.8. The predicted octanol–water partition coefficient (Wildman–Crippen LogP) is 4.87. The molecule has 0 aliphatic heterocycles. The van der Waals surface area contributed by atoms with Gasteiger partial charge in [-0.15, -0.1) is 0 Å². The number of carbonyl (C=O) groups excluding carboxylic acids is 2. The first-order valence-corrected chi connectivity index (χ1v) is 14.4. The fourth-order valence-electron chi connectivity index (χ4n) is 3.68. The van der Waals surface area contributed by atoms with Crippen molar-refractivity contribution in [3.63, 3.8) is 0 Å². The standard InChI is InChI=1S/C29H24F2N6O8S/c1-16(38)36(40)27(32)18-3-7-22(8-4-18)44-26-12-11-25(35-46(42,43)24-14-20(30)13-21(31)15-24)29(34-26)45-23-9-5-19(6-10-23)28(33)37(41)17(2)39/h3-15,32-33,35,40-41H,1-2H3. The molecule has 0 spiro atoms. The Morgan fingerprint density at radius 2 is 1.22 bits per heavy atom. The highest BCUT2D eigenvalue weighted by atomic mass is 32.2. The molecule has 17 heteroatoms. The van der Waals surface area contributed by atoms with E-state index < -0.39 is 50.0 Å². The Kier molecular flexibility index (Phi) is 9.70. The minimum Gasteiger partial charge on any atom is -0.439 e. The maximum atomic E-state index is 13.8. The second-order valence-electron chi connectivity index (χ2n) is 9.32. The van der Waals surface area contributed by atoms with Crippen molar-refractivity contribution in [3.8, 4) is 23.3 Å². The van der Waals surface area contributed by atoms with E-state index in [1.807, 2.05) is 0 Å². The number of nitrogens with zero attached hydrogens (tertiary/aromatic N) is 3. The Hall–Kier alpha value is -5.78. The van der Waals surface area contributed by atoms with Crippen molar-refractivity contribution in [1.29, 1.82) is 10.8 Å². The molecular weight excluding hydrogens is 630 g/mol. The van der Waals surface area contributed by atoms with E-state index in [0.29, 0.717) is 18.2 Å². The minimum absolute atomic E-state index is 0.0626. The number of pyridine rings is 1. The van der Waals surface area contributed by atoms with E-state index >= 15 is 0 Å². The molecule has 238 valence electrons. The molecule has 5 N–H and O–H groups in total. The third-order valence-electron chi connectivity index (χ3n) is 5.94. The number of amides is 2. The molecule has 14 nitrogen and oxygen atoms in total. The number of hydrogen-bond acceptors (Lipinski definition) is 11. The molecule has 0 fully saturated rings. The zero-order valence-corrected chi connectivity index (χ0v) is 24.7. The molecule has 46 heavy (non-hydrogen) atoms. The summed E-state index contributed by atoms with van der Waals surface area (Å²) in [6.07, 6.45) is 0. The highest BCUT2D eigenvalue weighted by molar-refractivity contribution is 7.92. The van der Waals surface area contributed by atoms with Gasteiger partial charge in [0.15, 0.2) is 11.7 Å². The van der Waals surface area contributed by atoms with Crippen LogP contribution in [0.5, 0.6) is 23.3 Å². The molecule has 0 bridgehead atoms. The number of sulfonamides is 1. The number of carbonyl (C=O) groups is 2. The van der Waals surface area contributed by atoms with Crippen LogP contribution in [0.2, 0.25) is 0 Å². The summed E-state index contributed by atoms with van der Waals surface area (Å²) in [4.78, 5) is 26.2. The van der Waals surface area contributed by atoms with Gasteiger partial charge in [0.25, 0.3) is 10.0 Å². The van der Waals surface area contributed by atoms with Gasteiger partial charge in [0, 0.05) is 37.1 Å². The van der Waals surface area contributed by atoms with Gasteiger partial charge in [-0.3, -0.25) is 35.5 Å². The van der Waals surface area contributed by atoms with Crippen molar-refractivity contribution in [2.75, 3.05) is 4.72 Å². The molecule has 0 atom stereocenters. The molecule has 3 aromatic carbocycles. The summed E-state index contributed by atoms with van der Waals surface area (Å²) in [6, 6.07) is 15.2. The van der Waals surface area contributed by atoms with Crippen molar-refractivity contribution in [2.45, 2.75) is 18.7 Å². The molecule has 1 aromatic heterocycles. The van der Waals surface area contributed by atoms with E-state index in [4.69, 9.17) is 20.3 Å². The molecule has 0 aliphatic rings. The monoisotopic (exact) mass is 654 g/mol. The summed E-state index contributed by atoms with van der Waals surface area (Å²) in [5.41, 5.74) is 0.0565. The number of hydroxylamine groups is 4. The van der Waals surface area contributed by atoms with Crippen LogP contribution < -0.4 is 14.2 Å². The lowest BCUT2D eigenvalue weighted by molar-refractivity contribution is -0.147. The number of rotatable bonds is 9. The van der Waals surface area contributed by atoms with Gasteiger partial charge in [-0.2, -0.15) is 15.1 Å². The van der Waals surface area contributed by atoms with Gasteiger partial charge >= 0.3 is 0 Å². The molecule has 2 amide bonds. The lowest BCUT2D eigenvalue weighted by Gasteiger charge is -2.16. The van der Waals surface area contributed by atoms with Gasteiger partial charge in [-0.1, -0.05) is 0 Å². The van der Waals surface area contributed by atoms with Crippen LogP contribution in [0.3, 0.4) is 0 Å². The first kappa shape index (κ1) is 33.1. The average molecular weight is 655 g/mol. The summed E-state index contributed by atoms with van der Waals surface area (Å²) in [5, 5.41) is 35.5. The second kappa shape index (κ2) is 13.5. The van der Waals surface area contributed by atoms with Crippen LogP contribution >= 0.6 is 0 Å². The lowest BCUT2D eigenvalue weighted by atomic mass is 10.2. The van der Waals surface area contributed by atoms with E-state index in [1.54, 1.807) is 0 Å². The van der Waals surface area contributed by atoms with Crippen molar-refractivity contribution in [3.05, 3.63) is 102 Å². The number of ether oxygens (including phenoxy) is 2. The minimum atomic E-state index is -4.56. The smallest absolute Gasteiger partial charge is 0.262 e. The third kappa shape index (κ3) is 7.83. The van der Waals surface area contributed by atoms with Gasteiger partial charge < -0.3 is 9.47 Å². The highest BCUT2D eigenvalue weighted by Gasteiger charge is 2.21. The van der Waals surface area contributed by atoms with E-state index in [1.165, 1.54) is 60.7 Å². The van der Waals surface area contributed by atoms with Crippen LogP contribution in [0.1, 0.15) is 25.0 Å². The highest BCUT2D eigenvalue weighted by Crippen LogP contribution is 2.33. The van der Waals surface area contributed by atoms with Crippen molar-refractivity contribution >= 4 is 39.2 Å². The van der Waals surface area contributed by atoms with Crippen LogP contribution in [-0.2, 0) is 19.6 Å². The second-order valence-corrected chi connectivity index (χ2v) is 11.0. The Morgan fingerprint density at radius 3 is 1.67 bits per heavy atom. The van der Waals surface area contributed by atoms with Crippen LogP contribution in [0.4, 0.5) is 14.5 Å². The van der Waals surface area contributed by atoms with Gasteiger partial charge in [-0.25, -0.2) is 17.2 Å². The summed E-state index contributed by atoms with van der Waals surface area (Å²) in [6.45, 7) is 2.14. The van der Waals surface area contributed by atoms with E-state index in [9.17, 15) is 37.2 Å². The normalized spacial score (nSPS) is 10.9. The summed E-state index contributed by atoms with van der Waals surface area (Å²) < 4.78 is 67.2. The first-order valence-electron chi connectivity index (χ1n) is 12.9. The molecule has 0 unspecified atom stereocenters. The van der Waals surface area contributed by atoms with Crippen molar-refractivity contribution < 1.29 is 46.7 Å². The Morgan fingerprint density at radius 1 is 0.761 bits per heavy atom. The number of anilines is 1. The maximum Gasteiger partial charge on any atom is 0.262 e. The summed E-state index contributed by atoms with van der Waals surface area (Å²) >= 11 is 0. The van der Waals surface area contributed by atoms with Gasteiger partial charge in [0.2, 0.25) is 23.6 Å². The molecule has 1 heterocycles. The fourth-order valence-corrected chi connectivity index (χ4v) is 4.77. The largest absolute Gasteiger partial charge is 0.439 e. The van der Waals surface area contributed by atoms with Crippen LogP contribution in [0.25, 0.3) is 0 Å². The third-order valence-corrected chi connectivity index (χ3v) is 7.28. The van der Waals surface area contributed by atoms with E-state index in [-0.39, 0.29) is 50.2 Å². The van der Waals surface area contributed by atoms with Crippen LogP contribution in [0.15, 0.2) is 83.8 Å². The quantitative estimate of drug-likeness (QED) is 0.0721. The molecule has 0 aliphatic carbocycles. The molecule has 4 rings (SSSR count). The number of hydrogen-bond donors (Lipinski definition) is 5. The SMILES string of the molecule is CC(=O)N(O)C(=N)c1ccc(Oc2ccc(NS(=O)(=O)c3cc(F)cc(F)c3)c(Oc3ccc(C(=N)N(O)C(C)=O)cc3)n2)cc1. The summed E-state index contributed by atoms with van der Waals surface area (Å²) in [7, 11) is -4.56. The van der Waals surface area contributed by atoms with Crippen LogP contribution in [0, 0.1) is 22.5 Å². The Balaban J connectivity index is 1.65. The topological polar surface area (TPSA) is 206 Å². The molecule has 0 saturated heterocycles. The molecule has 4 aromatic rings. The van der Waals surface area contributed by atoms with Gasteiger partial charge in [0.05, 0.1) is 4.90 Å². The number of nitrogens with one attached hydrogen (secondary N) is 3. The molecular formula is C29H24F2N6O8S. The number of aromatic nitrogens is 1.